The summed E-state index contributed by atoms with van der Waals surface area (Å²) in [5.41, 5.74) is 3.85. The van der Waals surface area contributed by atoms with Gasteiger partial charge in [-0.3, -0.25) is 4.99 Å². The summed E-state index contributed by atoms with van der Waals surface area (Å²) in [5.74, 6) is 0.861. The molecule has 0 spiro atoms. The molecular weight excluding hydrogens is 314 g/mol. The molecule has 6 heteroatoms. The highest BCUT2D eigenvalue weighted by molar-refractivity contribution is 5.79. The van der Waals surface area contributed by atoms with Gasteiger partial charge in [-0.05, 0) is 38.1 Å². The van der Waals surface area contributed by atoms with Crippen LogP contribution in [0.5, 0.6) is 0 Å². The molecule has 1 N–H and O–H groups in total. The van der Waals surface area contributed by atoms with Crippen LogP contribution in [0.15, 0.2) is 46.1 Å². The van der Waals surface area contributed by atoms with E-state index in [9.17, 15) is 0 Å². The molecule has 1 heterocycles. The van der Waals surface area contributed by atoms with Crippen molar-refractivity contribution in [1.29, 1.82) is 0 Å². The zero-order chi connectivity index (χ0) is 17.9. The number of likely N-dealkylation sites (N-methyl/N-ethyl adjacent to an activating group) is 1. The molecule has 134 valence electrons. The van der Waals surface area contributed by atoms with Gasteiger partial charge in [-0.1, -0.05) is 29.4 Å². The van der Waals surface area contributed by atoms with Crippen molar-refractivity contribution in [3.05, 3.63) is 53.4 Å². The van der Waals surface area contributed by atoms with Crippen LogP contribution >= 0.6 is 0 Å². The summed E-state index contributed by atoms with van der Waals surface area (Å²) in [6.45, 7) is 1.50. The molecule has 3 rings (SSSR count). The Morgan fingerprint density at radius 2 is 1.88 bits per heavy atom. The molecule has 0 bridgehead atoms. The standard InChI is InChI=1S/C19H27N5O/c1-20-18(24(4)13-17-9-10-25-22-17)21-14-19(23(2)3)11-15-7-5-6-8-16(15)12-19/h5-10H,11-14H2,1-4H3,(H,20,21). The van der Waals surface area contributed by atoms with Crippen LogP contribution < -0.4 is 5.32 Å². The Morgan fingerprint density at radius 3 is 2.40 bits per heavy atom. The van der Waals surface area contributed by atoms with Crippen molar-refractivity contribution in [3.8, 4) is 0 Å². The summed E-state index contributed by atoms with van der Waals surface area (Å²) in [4.78, 5) is 8.82. The van der Waals surface area contributed by atoms with Crippen LogP contribution in [-0.4, -0.2) is 61.2 Å². The van der Waals surface area contributed by atoms with Crippen molar-refractivity contribution in [1.82, 2.24) is 20.3 Å². The molecule has 1 aliphatic carbocycles. The highest BCUT2D eigenvalue weighted by atomic mass is 16.5. The van der Waals surface area contributed by atoms with Crippen LogP contribution in [0.1, 0.15) is 16.8 Å². The second kappa shape index (κ2) is 7.27. The molecule has 2 aromatic rings. The lowest BCUT2D eigenvalue weighted by Gasteiger charge is -2.37. The van der Waals surface area contributed by atoms with Crippen molar-refractivity contribution >= 4 is 5.96 Å². The minimum Gasteiger partial charge on any atom is -0.364 e. The average molecular weight is 341 g/mol. The van der Waals surface area contributed by atoms with E-state index in [1.165, 1.54) is 11.1 Å². The number of benzene rings is 1. The van der Waals surface area contributed by atoms with Gasteiger partial charge in [-0.2, -0.15) is 0 Å². The number of nitrogens with zero attached hydrogens (tertiary/aromatic N) is 4. The summed E-state index contributed by atoms with van der Waals surface area (Å²) in [5, 5.41) is 7.53. The Labute approximate surface area is 149 Å². The second-order valence-corrected chi connectivity index (χ2v) is 6.99. The first-order valence-corrected chi connectivity index (χ1v) is 8.59. The summed E-state index contributed by atoms with van der Waals surface area (Å²) in [6, 6.07) is 10.6. The van der Waals surface area contributed by atoms with Crippen LogP contribution in [-0.2, 0) is 19.4 Å². The molecule has 0 saturated heterocycles. The normalized spacial score (nSPS) is 16.1. The minimum absolute atomic E-state index is 0.0638. The predicted molar refractivity (Wildman–Crippen MR) is 99.6 cm³/mol. The third-order valence-corrected chi connectivity index (χ3v) is 5.15. The molecule has 0 unspecified atom stereocenters. The Hall–Kier alpha value is -2.34. The van der Waals surface area contributed by atoms with E-state index in [-0.39, 0.29) is 5.54 Å². The van der Waals surface area contributed by atoms with Gasteiger partial charge >= 0.3 is 0 Å². The summed E-state index contributed by atoms with van der Waals surface area (Å²) < 4.78 is 4.91. The third kappa shape index (κ3) is 3.69. The minimum atomic E-state index is 0.0638. The molecule has 1 aromatic heterocycles. The summed E-state index contributed by atoms with van der Waals surface area (Å²) >= 11 is 0. The maximum atomic E-state index is 4.91. The summed E-state index contributed by atoms with van der Waals surface area (Å²) in [6.07, 6.45) is 3.69. The molecule has 6 nitrogen and oxygen atoms in total. The fourth-order valence-electron chi connectivity index (χ4n) is 3.54. The van der Waals surface area contributed by atoms with Crippen LogP contribution in [0.4, 0.5) is 0 Å². The van der Waals surface area contributed by atoms with Crippen molar-refractivity contribution in [2.75, 3.05) is 34.7 Å². The number of nitrogens with one attached hydrogen (secondary N) is 1. The van der Waals surface area contributed by atoms with Gasteiger partial charge in [-0.25, -0.2) is 0 Å². The smallest absolute Gasteiger partial charge is 0.193 e. The SMILES string of the molecule is CN=C(NCC1(N(C)C)Cc2ccccc2C1)N(C)Cc1ccon1. The van der Waals surface area contributed by atoms with E-state index in [1.54, 1.807) is 6.26 Å². The lowest BCUT2D eigenvalue weighted by Crippen LogP contribution is -2.55. The molecule has 0 amide bonds. The average Bonchev–Trinajstić information content (AvgIpc) is 3.22. The van der Waals surface area contributed by atoms with E-state index in [4.69, 9.17) is 4.52 Å². The van der Waals surface area contributed by atoms with E-state index in [0.29, 0.717) is 6.54 Å². The largest absolute Gasteiger partial charge is 0.364 e. The Bertz CT molecular complexity index is 698. The summed E-state index contributed by atoms with van der Waals surface area (Å²) in [7, 11) is 8.15. The van der Waals surface area contributed by atoms with Crippen molar-refractivity contribution in [2.24, 2.45) is 4.99 Å². The predicted octanol–water partition coefficient (Wildman–Crippen LogP) is 1.78. The molecule has 25 heavy (non-hydrogen) atoms. The first-order chi connectivity index (χ1) is 12.0. The number of hydrogen-bond donors (Lipinski definition) is 1. The first-order valence-electron chi connectivity index (χ1n) is 8.59. The molecule has 0 aliphatic heterocycles. The van der Waals surface area contributed by atoms with Gasteiger partial charge in [0, 0.05) is 32.2 Å². The maximum Gasteiger partial charge on any atom is 0.193 e. The third-order valence-electron chi connectivity index (χ3n) is 5.15. The van der Waals surface area contributed by atoms with Crippen molar-refractivity contribution in [3.63, 3.8) is 0 Å². The molecular formula is C19H27N5O. The van der Waals surface area contributed by atoms with Crippen molar-refractivity contribution < 1.29 is 4.52 Å². The zero-order valence-corrected chi connectivity index (χ0v) is 15.5. The van der Waals surface area contributed by atoms with Crippen LogP contribution in [0, 0.1) is 0 Å². The van der Waals surface area contributed by atoms with Gasteiger partial charge < -0.3 is 19.6 Å². The first kappa shape index (κ1) is 17.5. The van der Waals surface area contributed by atoms with Gasteiger partial charge in [0.15, 0.2) is 5.96 Å². The van der Waals surface area contributed by atoms with E-state index < -0.39 is 0 Å². The zero-order valence-electron chi connectivity index (χ0n) is 15.5. The molecule has 0 radical (unpaired) electrons. The highest BCUT2D eigenvalue weighted by Crippen LogP contribution is 2.33. The number of hydrogen-bond acceptors (Lipinski definition) is 4. The number of aromatic nitrogens is 1. The Morgan fingerprint density at radius 1 is 1.20 bits per heavy atom. The van der Waals surface area contributed by atoms with E-state index in [0.717, 1.165) is 31.0 Å². The molecule has 0 saturated carbocycles. The van der Waals surface area contributed by atoms with Crippen LogP contribution in [0.3, 0.4) is 0 Å². The van der Waals surface area contributed by atoms with E-state index in [2.05, 4.69) is 63.6 Å². The highest BCUT2D eigenvalue weighted by Gasteiger charge is 2.39. The molecule has 1 aromatic carbocycles. The number of rotatable bonds is 5. The van der Waals surface area contributed by atoms with Gasteiger partial charge in [0.2, 0.25) is 0 Å². The van der Waals surface area contributed by atoms with E-state index >= 15 is 0 Å². The number of aliphatic imine (C=N–C) groups is 1. The van der Waals surface area contributed by atoms with Crippen molar-refractivity contribution in [2.45, 2.75) is 24.9 Å². The van der Waals surface area contributed by atoms with Crippen LogP contribution in [0.25, 0.3) is 0 Å². The van der Waals surface area contributed by atoms with Gasteiger partial charge in [0.1, 0.15) is 12.0 Å². The quantitative estimate of drug-likeness (QED) is 0.664. The fourth-order valence-corrected chi connectivity index (χ4v) is 3.54. The molecule has 1 aliphatic rings. The topological polar surface area (TPSA) is 56.9 Å². The lowest BCUT2D eigenvalue weighted by molar-refractivity contribution is 0.163. The molecule has 0 fully saturated rings. The number of fused-ring (bicyclic) bond motifs is 1. The fraction of sp³-hybridized carbons (Fsp3) is 0.474. The van der Waals surface area contributed by atoms with E-state index in [1.807, 2.05) is 20.2 Å². The Balaban J connectivity index is 1.67. The van der Waals surface area contributed by atoms with Gasteiger partial charge in [-0.15, -0.1) is 0 Å². The maximum absolute atomic E-state index is 4.91. The molecule has 0 atom stereocenters. The number of guanidine groups is 1. The monoisotopic (exact) mass is 341 g/mol. The van der Waals surface area contributed by atoms with Gasteiger partial charge in [0.25, 0.3) is 0 Å². The Kier molecular flexibility index (Phi) is 5.08. The second-order valence-electron chi connectivity index (χ2n) is 6.99. The lowest BCUT2D eigenvalue weighted by atomic mass is 9.94. The van der Waals surface area contributed by atoms with Crippen LogP contribution in [0.2, 0.25) is 0 Å². The van der Waals surface area contributed by atoms with Gasteiger partial charge in [0.05, 0.1) is 6.54 Å².